The van der Waals surface area contributed by atoms with Gasteiger partial charge in [0.05, 0.1) is 6.61 Å². The lowest BCUT2D eigenvalue weighted by Gasteiger charge is -2.37. The van der Waals surface area contributed by atoms with E-state index >= 15 is 0 Å². The van der Waals surface area contributed by atoms with Gasteiger partial charge in [0.25, 0.3) is 0 Å². The topological polar surface area (TPSA) is 139 Å². The van der Waals surface area contributed by atoms with E-state index in [-0.39, 0.29) is 0 Å². The molecule has 0 aliphatic carbocycles. The summed E-state index contributed by atoms with van der Waals surface area (Å²) in [6.07, 6.45) is -6.76. The highest BCUT2D eigenvalue weighted by molar-refractivity contribution is 4.90. The van der Waals surface area contributed by atoms with Crippen molar-refractivity contribution in [3.05, 3.63) is 10.4 Å². The standard InChI is InChI=1S/C6H11N3O5/c7-9-8-6-5(13)4(12)3(11)2(1-10)14-6/h2-6,10-13H,1H2/t2-,3-,4+,5-,6-/m0/s1. The highest BCUT2D eigenvalue weighted by Crippen LogP contribution is 2.21. The van der Waals surface area contributed by atoms with Crippen molar-refractivity contribution < 1.29 is 25.2 Å². The van der Waals surface area contributed by atoms with E-state index in [9.17, 15) is 15.3 Å². The Labute approximate surface area is 79.0 Å². The van der Waals surface area contributed by atoms with Crippen LogP contribution < -0.4 is 0 Å². The van der Waals surface area contributed by atoms with Crippen molar-refractivity contribution in [1.82, 2.24) is 0 Å². The van der Waals surface area contributed by atoms with Crippen molar-refractivity contribution in [2.45, 2.75) is 30.6 Å². The summed E-state index contributed by atoms with van der Waals surface area (Å²) >= 11 is 0. The normalized spacial score (nSPS) is 43.0. The number of hydrogen-bond donors (Lipinski definition) is 4. The minimum Gasteiger partial charge on any atom is -0.394 e. The van der Waals surface area contributed by atoms with E-state index in [4.69, 9.17) is 15.4 Å². The first kappa shape index (κ1) is 11.2. The maximum Gasteiger partial charge on any atom is 0.165 e. The van der Waals surface area contributed by atoms with Crippen LogP contribution >= 0.6 is 0 Å². The lowest BCUT2D eigenvalue weighted by Crippen LogP contribution is -2.57. The monoisotopic (exact) mass is 205 g/mol. The Morgan fingerprint density at radius 3 is 2.36 bits per heavy atom. The molecule has 5 atom stereocenters. The molecule has 1 rings (SSSR count). The number of hydrogen-bond acceptors (Lipinski definition) is 6. The smallest absolute Gasteiger partial charge is 0.165 e. The molecule has 0 radical (unpaired) electrons. The van der Waals surface area contributed by atoms with Crippen LogP contribution in [0, 0.1) is 0 Å². The summed E-state index contributed by atoms with van der Waals surface area (Å²) in [5.41, 5.74) is 8.11. The predicted molar refractivity (Wildman–Crippen MR) is 42.9 cm³/mol. The number of aliphatic hydroxyl groups excluding tert-OH is 4. The van der Waals surface area contributed by atoms with Crippen LogP contribution in [0.2, 0.25) is 0 Å². The third kappa shape index (κ3) is 1.95. The van der Waals surface area contributed by atoms with E-state index in [1.54, 1.807) is 0 Å². The second kappa shape index (κ2) is 4.56. The number of nitrogens with zero attached hydrogens (tertiary/aromatic N) is 3. The molecule has 0 saturated carbocycles. The largest absolute Gasteiger partial charge is 0.394 e. The zero-order valence-corrected chi connectivity index (χ0v) is 7.13. The van der Waals surface area contributed by atoms with Gasteiger partial charge in [0, 0.05) is 4.91 Å². The number of azide groups is 1. The number of rotatable bonds is 2. The minimum atomic E-state index is -1.50. The van der Waals surface area contributed by atoms with Gasteiger partial charge >= 0.3 is 0 Å². The van der Waals surface area contributed by atoms with E-state index in [0.717, 1.165) is 0 Å². The lowest BCUT2D eigenvalue weighted by atomic mass is 9.99. The molecule has 0 unspecified atom stereocenters. The molecule has 1 heterocycles. The van der Waals surface area contributed by atoms with Crippen molar-refractivity contribution in [3.8, 4) is 0 Å². The fraction of sp³-hybridized carbons (Fsp3) is 1.00. The Morgan fingerprint density at radius 1 is 1.21 bits per heavy atom. The van der Waals surface area contributed by atoms with Crippen molar-refractivity contribution in [1.29, 1.82) is 0 Å². The Bertz CT molecular complexity index is 242. The van der Waals surface area contributed by atoms with Crippen LogP contribution in [0.3, 0.4) is 0 Å². The van der Waals surface area contributed by atoms with Crippen LogP contribution in [0.5, 0.6) is 0 Å². The van der Waals surface area contributed by atoms with Gasteiger partial charge in [-0.05, 0) is 5.53 Å². The Balaban J connectivity index is 2.77. The highest BCUT2D eigenvalue weighted by atomic mass is 16.6. The summed E-state index contributed by atoms with van der Waals surface area (Å²) in [6.45, 7) is -0.539. The van der Waals surface area contributed by atoms with Crippen LogP contribution in [-0.2, 0) is 4.74 Å². The summed E-state index contributed by atoms with van der Waals surface area (Å²) < 4.78 is 4.84. The molecular formula is C6H11N3O5. The molecule has 0 bridgehead atoms. The van der Waals surface area contributed by atoms with Gasteiger partial charge in [0.2, 0.25) is 0 Å². The quantitative estimate of drug-likeness (QED) is 0.237. The highest BCUT2D eigenvalue weighted by Gasteiger charge is 2.42. The molecule has 14 heavy (non-hydrogen) atoms. The average Bonchev–Trinajstić information content (AvgIpc) is 2.19. The summed E-state index contributed by atoms with van der Waals surface area (Å²) in [4.78, 5) is 2.40. The number of aliphatic hydroxyl groups is 4. The van der Waals surface area contributed by atoms with Crippen LogP contribution in [0.15, 0.2) is 5.11 Å². The Hall–Kier alpha value is -0.890. The molecule has 0 amide bonds. The molecule has 0 spiro atoms. The van der Waals surface area contributed by atoms with Crippen molar-refractivity contribution in [2.24, 2.45) is 5.11 Å². The average molecular weight is 205 g/mol. The summed E-state index contributed by atoms with van der Waals surface area (Å²) in [5.74, 6) is 0. The van der Waals surface area contributed by atoms with Gasteiger partial charge in [-0.25, -0.2) is 0 Å². The molecule has 8 nitrogen and oxygen atoms in total. The van der Waals surface area contributed by atoms with Gasteiger partial charge in [0.15, 0.2) is 6.23 Å². The van der Waals surface area contributed by atoms with Crippen LogP contribution in [-0.4, -0.2) is 57.7 Å². The van der Waals surface area contributed by atoms with Gasteiger partial charge in [-0.2, -0.15) is 0 Å². The Kier molecular flexibility index (Phi) is 3.64. The zero-order chi connectivity index (χ0) is 10.7. The second-order valence-corrected chi connectivity index (χ2v) is 2.92. The van der Waals surface area contributed by atoms with Gasteiger partial charge in [0.1, 0.15) is 24.4 Å². The lowest BCUT2D eigenvalue weighted by molar-refractivity contribution is -0.227. The first-order valence-corrected chi connectivity index (χ1v) is 3.96. The van der Waals surface area contributed by atoms with Gasteiger partial charge < -0.3 is 25.2 Å². The molecular weight excluding hydrogens is 194 g/mol. The molecule has 80 valence electrons. The van der Waals surface area contributed by atoms with Crippen molar-refractivity contribution in [2.75, 3.05) is 6.61 Å². The zero-order valence-electron chi connectivity index (χ0n) is 7.13. The van der Waals surface area contributed by atoms with Crippen LogP contribution in [0.25, 0.3) is 10.4 Å². The fourth-order valence-corrected chi connectivity index (χ4v) is 1.23. The maximum atomic E-state index is 9.27. The van der Waals surface area contributed by atoms with E-state index in [2.05, 4.69) is 10.0 Å². The van der Waals surface area contributed by atoms with Crippen molar-refractivity contribution >= 4 is 0 Å². The Morgan fingerprint density at radius 2 is 1.86 bits per heavy atom. The van der Waals surface area contributed by atoms with Crippen molar-refractivity contribution in [3.63, 3.8) is 0 Å². The first-order valence-electron chi connectivity index (χ1n) is 3.96. The molecule has 0 aromatic heterocycles. The fourth-order valence-electron chi connectivity index (χ4n) is 1.23. The van der Waals surface area contributed by atoms with Gasteiger partial charge in [-0.3, -0.25) is 0 Å². The molecule has 1 aliphatic heterocycles. The molecule has 1 fully saturated rings. The predicted octanol–water partition coefficient (Wildman–Crippen LogP) is -1.90. The third-order valence-electron chi connectivity index (χ3n) is 2.03. The van der Waals surface area contributed by atoms with E-state index < -0.39 is 37.3 Å². The molecule has 1 aliphatic rings. The minimum absolute atomic E-state index is 0.539. The summed E-state index contributed by atoms with van der Waals surface area (Å²) in [7, 11) is 0. The van der Waals surface area contributed by atoms with E-state index in [1.807, 2.05) is 0 Å². The van der Waals surface area contributed by atoms with E-state index in [0.29, 0.717) is 0 Å². The third-order valence-corrected chi connectivity index (χ3v) is 2.03. The van der Waals surface area contributed by atoms with Crippen LogP contribution in [0.1, 0.15) is 0 Å². The molecule has 4 N–H and O–H groups in total. The first-order chi connectivity index (χ1) is 6.61. The van der Waals surface area contributed by atoms with E-state index in [1.165, 1.54) is 0 Å². The van der Waals surface area contributed by atoms with Crippen LogP contribution in [0.4, 0.5) is 0 Å². The van der Waals surface area contributed by atoms with Gasteiger partial charge in [-0.15, -0.1) is 0 Å². The molecule has 0 aromatic rings. The SMILES string of the molecule is [N-]=[N+]=N[C@H]1O[C@@H](CO)[C@H](O)[C@@H](O)[C@@H]1O. The second-order valence-electron chi connectivity index (χ2n) is 2.92. The molecule has 8 heteroatoms. The molecule has 0 aromatic carbocycles. The summed E-state index contributed by atoms with van der Waals surface area (Å²) in [6, 6.07) is 0. The molecule has 1 saturated heterocycles. The number of ether oxygens (including phenoxy) is 1. The van der Waals surface area contributed by atoms with Gasteiger partial charge in [-0.1, -0.05) is 5.11 Å². The maximum absolute atomic E-state index is 9.27. The summed E-state index contributed by atoms with van der Waals surface area (Å²) in [5, 5.41) is 39.6.